The first kappa shape index (κ1) is 15.8. The van der Waals surface area contributed by atoms with E-state index in [9.17, 15) is 0 Å². The maximum Gasteiger partial charge on any atom is -0.00258 e. The van der Waals surface area contributed by atoms with Crippen LogP contribution in [0.2, 0.25) is 0 Å². The van der Waals surface area contributed by atoms with Crippen molar-refractivity contribution in [3.05, 3.63) is 131 Å². The lowest BCUT2D eigenvalue weighted by Gasteiger charge is -2.05. The maximum atomic E-state index is 2.32. The van der Waals surface area contributed by atoms with Gasteiger partial charge in [-0.15, -0.1) is 0 Å². The molecule has 0 atom stereocenters. The van der Waals surface area contributed by atoms with Crippen LogP contribution in [0.15, 0.2) is 103 Å². The van der Waals surface area contributed by atoms with E-state index in [1.807, 2.05) is 0 Å². The minimum atomic E-state index is 0.976. The molecule has 0 amide bonds. The third-order valence-corrected chi connectivity index (χ3v) is 5.27. The van der Waals surface area contributed by atoms with Crippen LogP contribution in [-0.2, 0) is 6.42 Å². The Labute approximate surface area is 160 Å². The SMILES string of the molecule is C(=C1c2ccccc2-c2ccccc21)c1ccc(Cc2ccccc2)cc1. The quantitative estimate of drug-likeness (QED) is 0.336. The van der Waals surface area contributed by atoms with Gasteiger partial charge in [-0.3, -0.25) is 0 Å². The molecule has 0 aliphatic heterocycles. The lowest BCUT2D eigenvalue weighted by molar-refractivity contribution is 1.19. The van der Waals surface area contributed by atoms with E-state index < -0.39 is 0 Å². The van der Waals surface area contributed by atoms with Crippen LogP contribution in [0.5, 0.6) is 0 Å². The maximum absolute atomic E-state index is 2.32. The van der Waals surface area contributed by atoms with Crippen molar-refractivity contribution in [3.8, 4) is 11.1 Å². The van der Waals surface area contributed by atoms with Gasteiger partial charge in [-0.1, -0.05) is 103 Å². The van der Waals surface area contributed by atoms with Crippen LogP contribution < -0.4 is 0 Å². The molecule has 0 nitrogen and oxygen atoms in total. The molecule has 4 aromatic rings. The molecule has 4 aromatic carbocycles. The van der Waals surface area contributed by atoms with Crippen molar-refractivity contribution in [2.45, 2.75) is 6.42 Å². The summed E-state index contributed by atoms with van der Waals surface area (Å²) in [4.78, 5) is 0. The van der Waals surface area contributed by atoms with Crippen molar-refractivity contribution in [3.63, 3.8) is 0 Å². The highest BCUT2D eigenvalue weighted by Gasteiger charge is 2.22. The van der Waals surface area contributed by atoms with Gasteiger partial charge < -0.3 is 0 Å². The number of hydrogen-bond donors (Lipinski definition) is 0. The summed E-state index contributed by atoms with van der Waals surface area (Å²) in [5, 5.41) is 0. The van der Waals surface area contributed by atoms with E-state index in [0.717, 1.165) is 6.42 Å². The molecular weight excluding hydrogens is 324 g/mol. The molecule has 1 aliphatic rings. The zero-order valence-corrected chi connectivity index (χ0v) is 15.1. The summed E-state index contributed by atoms with van der Waals surface area (Å²) in [5.41, 5.74) is 10.6. The Morgan fingerprint density at radius 3 is 1.52 bits per heavy atom. The van der Waals surface area contributed by atoms with Gasteiger partial charge >= 0.3 is 0 Å². The number of hydrogen-bond acceptors (Lipinski definition) is 0. The Kier molecular flexibility index (Phi) is 3.95. The molecule has 0 heterocycles. The monoisotopic (exact) mass is 344 g/mol. The molecule has 0 unspecified atom stereocenters. The molecule has 0 saturated heterocycles. The zero-order valence-electron chi connectivity index (χ0n) is 15.1. The predicted molar refractivity (Wildman–Crippen MR) is 115 cm³/mol. The molecule has 0 N–H and O–H groups in total. The number of rotatable bonds is 3. The molecule has 0 radical (unpaired) electrons. The van der Waals surface area contributed by atoms with Gasteiger partial charge in [0.25, 0.3) is 0 Å². The van der Waals surface area contributed by atoms with Crippen LogP contribution in [0.1, 0.15) is 27.8 Å². The summed E-state index contributed by atoms with van der Waals surface area (Å²) in [6.45, 7) is 0. The topological polar surface area (TPSA) is 0 Å². The number of benzene rings is 4. The highest BCUT2D eigenvalue weighted by atomic mass is 14.2. The standard InChI is InChI=1S/C27H20/c1-2-8-20(9-3-1)18-21-14-16-22(17-15-21)19-27-25-12-6-4-10-23(25)24-11-5-7-13-26(24)27/h1-17,19H,18H2. The van der Waals surface area contributed by atoms with Gasteiger partial charge in [-0.25, -0.2) is 0 Å². The second kappa shape index (κ2) is 6.74. The molecule has 27 heavy (non-hydrogen) atoms. The molecule has 0 bridgehead atoms. The highest BCUT2D eigenvalue weighted by Crippen LogP contribution is 2.44. The van der Waals surface area contributed by atoms with Crippen molar-refractivity contribution < 1.29 is 0 Å². The van der Waals surface area contributed by atoms with E-state index in [-0.39, 0.29) is 0 Å². The van der Waals surface area contributed by atoms with Gasteiger partial charge in [0.15, 0.2) is 0 Å². The fourth-order valence-corrected chi connectivity index (χ4v) is 3.94. The summed E-state index contributed by atoms with van der Waals surface area (Å²) < 4.78 is 0. The molecule has 128 valence electrons. The highest BCUT2D eigenvalue weighted by molar-refractivity contribution is 6.06. The molecule has 0 aromatic heterocycles. The molecule has 5 rings (SSSR count). The van der Waals surface area contributed by atoms with E-state index in [0.29, 0.717) is 0 Å². The minimum Gasteiger partial charge on any atom is -0.0622 e. The summed E-state index contributed by atoms with van der Waals surface area (Å²) in [6, 6.07) is 37.0. The third-order valence-electron chi connectivity index (χ3n) is 5.27. The Hall–Kier alpha value is -3.38. The fourth-order valence-electron chi connectivity index (χ4n) is 3.94. The van der Waals surface area contributed by atoms with Gasteiger partial charge in [0.1, 0.15) is 0 Å². The van der Waals surface area contributed by atoms with E-state index in [4.69, 9.17) is 0 Å². The van der Waals surface area contributed by atoms with Crippen LogP contribution in [-0.4, -0.2) is 0 Å². The molecule has 0 heteroatoms. The van der Waals surface area contributed by atoms with Gasteiger partial charge in [0.2, 0.25) is 0 Å². The van der Waals surface area contributed by atoms with Crippen LogP contribution in [0.3, 0.4) is 0 Å². The molecular formula is C27H20. The Bertz CT molecular complexity index is 1070. The van der Waals surface area contributed by atoms with E-state index in [1.54, 1.807) is 0 Å². The van der Waals surface area contributed by atoms with Gasteiger partial charge in [0, 0.05) is 0 Å². The van der Waals surface area contributed by atoms with Crippen LogP contribution in [0.4, 0.5) is 0 Å². The summed E-state index contributed by atoms with van der Waals surface area (Å²) >= 11 is 0. The van der Waals surface area contributed by atoms with Crippen LogP contribution in [0, 0.1) is 0 Å². The smallest absolute Gasteiger partial charge is 0.00258 e. The Balaban J connectivity index is 1.50. The van der Waals surface area contributed by atoms with Gasteiger partial charge in [-0.2, -0.15) is 0 Å². The summed E-state index contributed by atoms with van der Waals surface area (Å²) in [6.07, 6.45) is 3.29. The van der Waals surface area contributed by atoms with Gasteiger partial charge in [0.05, 0.1) is 0 Å². The lowest BCUT2D eigenvalue weighted by Crippen LogP contribution is -1.88. The minimum absolute atomic E-state index is 0.976. The van der Waals surface area contributed by atoms with Gasteiger partial charge in [-0.05, 0) is 57.0 Å². The van der Waals surface area contributed by atoms with Crippen molar-refractivity contribution in [1.29, 1.82) is 0 Å². The first-order chi connectivity index (χ1) is 13.4. The molecule has 0 spiro atoms. The summed E-state index contributed by atoms with van der Waals surface area (Å²) in [7, 11) is 0. The van der Waals surface area contributed by atoms with Crippen molar-refractivity contribution in [2.24, 2.45) is 0 Å². The van der Waals surface area contributed by atoms with E-state index in [2.05, 4.69) is 109 Å². The third kappa shape index (κ3) is 3.00. The Morgan fingerprint density at radius 1 is 0.444 bits per heavy atom. The zero-order chi connectivity index (χ0) is 18.1. The molecule has 1 aliphatic carbocycles. The number of fused-ring (bicyclic) bond motifs is 3. The normalized spacial score (nSPS) is 11.8. The fraction of sp³-hybridized carbons (Fsp3) is 0.0370. The second-order valence-electron chi connectivity index (χ2n) is 7.05. The average molecular weight is 344 g/mol. The largest absolute Gasteiger partial charge is 0.0622 e. The molecule has 0 saturated carbocycles. The van der Waals surface area contributed by atoms with E-state index >= 15 is 0 Å². The lowest BCUT2D eigenvalue weighted by atomic mass is 9.99. The predicted octanol–water partition coefficient (Wildman–Crippen LogP) is 6.85. The van der Waals surface area contributed by atoms with E-state index in [1.165, 1.54) is 44.5 Å². The Morgan fingerprint density at radius 2 is 0.926 bits per heavy atom. The van der Waals surface area contributed by atoms with Crippen LogP contribution >= 0.6 is 0 Å². The first-order valence-corrected chi connectivity index (χ1v) is 9.42. The van der Waals surface area contributed by atoms with Crippen molar-refractivity contribution >= 4 is 11.6 Å². The summed E-state index contributed by atoms with van der Waals surface area (Å²) in [5.74, 6) is 0. The van der Waals surface area contributed by atoms with Crippen molar-refractivity contribution in [2.75, 3.05) is 0 Å². The van der Waals surface area contributed by atoms with Crippen molar-refractivity contribution in [1.82, 2.24) is 0 Å². The second-order valence-corrected chi connectivity index (χ2v) is 7.05. The first-order valence-electron chi connectivity index (χ1n) is 9.42. The average Bonchev–Trinajstić information content (AvgIpc) is 3.04. The molecule has 0 fully saturated rings. The van der Waals surface area contributed by atoms with Crippen LogP contribution in [0.25, 0.3) is 22.8 Å².